The zero-order valence-corrected chi connectivity index (χ0v) is 36.6. The average molecular weight is 856 g/mol. The molecule has 3 saturated carbocycles. The molecule has 4 heterocycles. The van der Waals surface area contributed by atoms with Crippen LogP contribution < -0.4 is 10.1 Å². The third-order valence-electron chi connectivity index (χ3n) is 12.7. The van der Waals surface area contributed by atoms with Gasteiger partial charge in [-0.15, -0.1) is 5.10 Å². The van der Waals surface area contributed by atoms with Crippen molar-refractivity contribution in [2.24, 2.45) is 17.3 Å². The smallest absolute Gasteiger partial charge is 0.478 e. The first-order valence-electron chi connectivity index (χ1n) is 21.5. The van der Waals surface area contributed by atoms with Crippen molar-refractivity contribution in [1.82, 2.24) is 35.2 Å². The lowest BCUT2D eigenvalue weighted by Gasteiger charge is -2.64. The largest absolute Gasteiger partial charge is 0.514 e. The highest BCUT2D eigenvalue weighted by molar-refractivity contribution is 6.48. The summed E-state index contributed by atoms with van der Waals surface area (Å²) in [6.07, 6.45) is 6.22. The number of ether oxygens (including phenoxy) is 2. The molecule has 1 aliphatic heterocycles. The van der Waals surface area contributed by atoms with Crippen LogP contribution in [0.1, 0.15) is 93.0 Å². The highest BCUT2D eigenvalue weighted by atomic mass is 16.7. The van der Waals surface area contributed by atoms with Gasteiger partial charge < -0.3 is 29.2 Å². The molecule has 0 spiro atoms. The van der Waals surface area contributed by atoms with Gasteiger partial charge in [0.2, 0.25) is 5.91 Å². The number of amides is 1. The Hall–Kier alpha value is -5.97. The lowest BCUT2D eigenvalue weighted by molar-refractivity contribution is -0.199. The Bertz CT molecular complexity index is 2390. The van der Waals surface area contributed by atoms with Gasteiger partial charge in [-0.25, -0.2) is 14.3 Å². The fourth-order valence-electron chi connectivity index (χ4n) is 9.46. The molecule has 2 bridgehead atoms. The molecule has 328 valence electrons. The quantitative estimate of drug-likeness (QED) is 0.0638. The van der Waals surface area contributed by atoms with Crippen LogP contribution in [0.4, 0.5) is 4.79 Å². The van der Waals surface area contributed by atoms with Crippen LogP contribution in [0.3, 0.4) is 0 Å². The van der Waals surface area contributed by atoms with Crippen molar-refractivity contribution < 1.29 is 38.3 Å². The number of pyridine rings is 2. The van der Waals surface area contributed by atoms with Crippen LogP contribution in [0, 0.1) is 17.3 Å². The van der Waals surface area contributed by atoms with Gasteiger partial charge in [-0.1, -0.05) is 55.5 Å². The third-order valence-corrected chi connectivity index (χ3v) is 12.7. The predicted octanol–water partition coefficient (Wildman–Crippen LogP) is 6.81. The molecule has 1 saturated heterocycles. The second kappa shape index (κ2) is 17.7. The summed E-state index contributed by atoms with van der Waals surface area (Å²) >= 11 is 0. The summed E-state index contributed by atoms with van der Waals surface area (Å²) in [6.45, 7) is 13.5. The van der Waals surface area contributed by atoms with E-state index in [0.29, 0.717) is 31.1 Å². The number of para-hydroxylation sites is 1. The number of nitrogens with zero attached hydrogens (tertiary/aromatic N) is 6. The second-order valence-corrected chi connectivity index (χ2v) is 18.7. The van der Waals surface area contributed by atoms with Gasteiger partial charge in [0, 0.05) is 32.0 Å². The van der Waals surface area contributed by atoms with E-state index in [1.165, 1.54) is 6.07 Å². The van der Waals surface area contributed by atoms with E-state index < -0.39 is 36.4 Å². The van der Waals surface area contributed by atoms with E-state index in [1.54, 1.807) is 50.0 Å². The zero-order valence-electron chi connectivity index (χ0n) is 36.6. The van der Waals surface area contributed by atoms with Crippen molar-refractivity contribution in [1.29, 1.82) is 0 Å². The molecule has 1 amide bonds. The van der Waals surface area contributed by atoms with Gasteiger partial charge in [0.25, 0.3) is 0 Å². The van der Waals surface area contributed by atoms with E-state index in [9.17, 15) is 19.5 Å². The second-order valence-electron chi connectivity index (χ2n) is 18.7. The van der Waals surface area contributed by atoms with Gasteiger partial charge in [-0.05, 0) is 118 Å². The first kappa shape index (κ1) is 43.7. The van der Waals surface area contributed by atoms with E-state index in [4.69, 9.17) is 18.8 Å². The molecule has 4 aliphatic rings. The molecule has 1 unspecified atom stereocenters. The number of aromatic nitrogens is 5. The van der Waals surface area contributed by atoms with Crippen molar-refractivity contribution >= 4 is 25.2 Å². The van der Waals surface area contributed by atoms with Crippen LogP contribution in [0.2, 0.25) is 0 Å². The Balaban J connectivity index is 0.981. The van der Waals surface area contributed by atoms with Crippen LogP contribution in [0.5, 0.6) is 5.75 Å². The van der Waals surface area contributed by atoms with E-state index in [2.05, 4.69) is 51.3 Å². The Labute approximate surface area is 367 Å². The van der Waals surface area contributed by atoms with Crippen molar-refractivity contribution in [2.75, 3.05) is 0 Å². The van der Waals surface area contributed by atoms with E-state index in [0.717, 1.165) is 41.2 Å². The number of hydrogen-bond acceptors (Lipinski definition) is 12. The number of carboxylic acid groups (broad SMARTS) is 1. The summed E-state index contributed by atoms with van der Waals surface area (Å²) in [5.74, 6) is -1.73. The minimum Gasteiger partial charge on any atom is -0.478 e. The summed E-state index contributed by atoms with van der Waals surface area (Å²) in [5.41, 5.74) is 2.97. The number of carbonyl (C=O) groups is 3. The van der Waals surface area contributed by atoms with Gasteiger partial charge in [-0.2, -0.15) is 0 Å². The molecule has 0 radical (unpaired) electrons. The zero-order chi connectivity index (χ0) is 44.5. The summed E-state index contributed by atoms with van der Waals surface area (Å²) in [4.78, 5) is 50.5. The molecule has 2 N–H and O–H groups in total. The number of rotatable bonds is 15. The lowest BCUT2D eigenvalue weighted by Crippen LogP contribution is -2.65. The molecule has 2 aromatic carbocycles. The fourth-order valence-corrected chi connectivity index (χ4v) is 9.46. The monoisotopic (exact) mass is 855 g/mol. The maximum absolute atomic E-state index is 14.0. The molecule has 3 aromatic heterocycles. The first-order chi connectivity index (χ1) is 30.0. The van der Waals surface area contributed by atoms with Gasteiger partial charge in [0.1, 0.15) is 11.2 Å². The van der Waals surface area contributed by atoms with Crippen molar-refractivity contribution in [3.63, 3.8) is 0 Å². The highest BCUT2D eigenvalue weighted by Gasteiger charge is 2.68. The van der Waals surface area contributed by atoms with E-state index in [-0.39, 0.29) is 47.5 Å². The predicted molar refractivity (Wildman–Crippen MR) is 232 cm³/mol. The van der Waals surface area contributed by atoms with Crippen molar-refractivity contribution in [3.05, 3.63) is 131 Å². The van der Waals surface area contributed by atoms with Crippen LogP contribution in [0.25, 0.3) is 5.69 Å². The van der Waals surface area contributed by atoms with Gasteiger partial charge in [-0.3, -0.25) is 19.7 Å². The van der Waals surface area contributed by atoms with Crippen LogP contribution in [-0.4, -0.2) is 83.4 Å². The summed E-state index contributed by atoms with van der Waals surface area (Å²) in [5, 5.41) is 22.1. The normalized spacial score (nSPS) is 21.6. The Kier molecular flexibility index (Phi) is 12.2. The molecule has 4 fully saturated rings. The molecule has 9 rings (SSSR count). The van der Waals surface area contributed by atoms with E-state index >= 15 is 0 Å². The average Bonchev–Trinajstić information content (AvgIpc) is 3.85. The van der Waals surface area contributed by atoms with Gasteiger partial charge >= 0.3 is 19.2 Å². The van der Waals surface area contributed by atoms with Crippen molar-refractivity contribution in [3.8, 4) is 11.4 Å². The topological polar surface area (TPSA) is 180 Å². The van der Waals surface area contributed by atoms with Gasteiger partial charge in [0.15, 0.2) is 5.75 Å². The summed E-state index contributed by atoms with van der Waals surface area (Å²) < 4.78 is 26.2. The molecule has 15 nitrogen and oxygen atoms in total. The molecule has 3 aliphatic carbocycles. The highest BCUT2D eigenvalue weighted by Crippen LogP contribution is 2.65. The fraction of sp³-hybridized carbons (Fsp3) is 0.426. The SMILES string of the molecule is CC(C)(C)OC(=O)Oc1c(CC(NC(=O)Cc2ccc(-n3cc(CN(Cc4ccccn4)Cc4ccccn4)nn3)cc2)B2O[C@@H]3C[C@@H]4C[C@@H](C4(C)C)[C@]3(C)O2)cccc1C(=O)O. The number of hydrogen-bond donors (Lipinski definition) is 2. The van der Waals surface area contributed by atoms with Crippen molar-refractivity contribution in [2.45, 2.75) is 110 Å². The lowest BCUT2D eigenvalue weighted by atomic mass is 9.43. The van der Waals surface area contributed by atoms with E-state index in [1.807, 2.05) is 66.9 Å². The molecule has 5 atom stereocenters. The number of nitrogens with one attached hydrogen (secondary N) is 1. The molecular weight excluding hydrogens is 801 g/mol. The maximum atomic E-state index is 14.0. The van der Waals surface area contributed by atoms with Crippen LogP contribution in [-0.2, 0) is 51.3 Å². The Morgan fingerprint density at radius 3 is 2.22 bits per heavy atom. The molecule has 5 aromatic rings. The minimum atomic E-state index is -1.28. The number of benzene rings is 2. The Morgan fingerprint density at radius 2 is 1.60 bits per heavy atom. The summed E-state index contributed by atoms with van der Waals surface area (Å²) in [6, 6.07) is 23.8. The number of carbonyl (C=O) groups excluding carboxylic acids is 2. The van der Waals surface area contributed by atoms with Gasteiger partial charge in [0.05, 0.1) is 53.0 Å². The molecule has 63 heavy (non-hydrogen) atoms. The first-order valence-corrected chi connectivity index (χ1v) is 21.5. The Morgan fingerprint density at radius 1 is 0.921 bits per heavy atom. The standard InChI is InChI=1S/C47H54BN7O8/c1-45(2,3)61-44(59)60-42-31(12-11-15-37(42)43(57)58)23-40(48-62-39-25-32-24-38(46(32,4)5)47(39,6)63-48)51-41(56)22-30-16-18-36(19-17-30)55-29-35(52-53-55)28-54(26-33-13-7-9-20-49-33)27-34-14-8-10-21-50-34/h7-21,29,32,38-40H,22-28H2,1-6H3,(H,51,56)(H,57,58)/t32-,38-,39+,40?,47-/m0/s1. The minimum absolute atomic E-state index is 0.0387. The number of aromatic carboxylic acids is 1. The van der Waals surface area contributed by atoms with Crippen LogP contribution >= 0.6 is 0 Å². The molecule has 16 heteroatoms. The molecular formula is C47H54BN7O8. The van der Waals surface area contributed by atoms with Crippen LogP contribution in [0.15, 0.2) is 97.5 Å². The third kappa shape index (κ3) is 9.83. The number of carboxylic acids is 1. The maximum Gasteiger partial charge on any atom is 0.514 e. The summed E-state index contributed by atoms with van der Waals surface area (Å²) in [7, 11) is -0.852.